The van der Waals surface area contributed by atoms with Gasteiger partial charge in [0.1, 0.15) is 24.7 Å². The van der Waals surface area contributed by atoms with Crippen molar-refractivity contribution in [3.8, 4) is 33.8 Å². The predicted molar refractivity (Wildman–Crippen MR) is 110 cm³/mol. The van der Waals surface area contributed by atoms with Crippen molar-refractivity contribution in [2.45, 2.75) is 0 Å². The molecule has 138 valence electrons. The van der Waals surface area contributed by atoms with Crippen LogP contribution in [0.2, 0.25) is 0 Å². The summed E-state index contributed by atoms with van der Waals surface area (Å²) in [6.45, 7) is 0.965. The van der Waals surface area contributed by atoms with Gasteiger partial charge in [0.2, 0.25) is 0 Å². The van der Waals surface area contributed by atoms with Crippen molar-refractivity contribution >= 4 is 0 Å². The number of benzene rings is 2. The normalized spacial score (nSPS) is 10.4. The number of nitrogens with zero attached hydrogens (tertiary/aromatic N) is 2. The second-order valence-corrected chi connectivity index (χ2v) is 6.23. The molecule has 4 aromatic rings. The van der Waals surface area contributed by atoms with E-state index in [9.17, 15) is 0 Å². The van der Waals surface area contributed by atoms with Crippen LogP contribution in [-0.2, 0) is 0 Å². The molecule has 0 radical (unpaired) electrons. The summed E-state index contributed by atoms with van der Waals surface area (Å²) in [5.41, 5.74) is 4.41. The molecule has 0 unspecified atom stereocenters. The Bertz CT molecular complexity index is 901. The quantitative estimate of drug-likeness (QED) is 0.417. The summed E-state index contributed by atoms with van der Waals surface area (Å²) in [7, 11) is 0. The zero-order valence-corrected chi connectivity index (χ0v) is 15.4. The lowest BCUT2D eigenvalue weighted by Gasteiger charge is -2.10. The largest absolute Gasteiger partial charge is 0.490 e. The number of hydrogen-bond donors (Lipinski definition) is 0. The molecule has 0 bridgehead atoms. The van der Waals surface area contributed by atoms with Gasteiger partial charge < -0.3 is 9.47 Å². The Hall–Kier alpha value is -3.66. The highest BCUT2D eigenvalue weighted by Gasteiger charge is 2.01. The van der Waals surface area contributed by atoms with Crippen LogP contribution in [0.5, 0.6) is 11.5 Å². The highest BCUT2D eigenvalue weighted by atomic mass is 16.5. The van der Waals surface area contributed by atoms with Gasteiger partial charge in [-0.1, -0.05) is 36.4 Å². The van der Waals surface area contributed by atoms with Gasteiger partial charge in [0.15, 0.2) is 0 Å². The van der Waals surface area contributed by atoms with Crippen LogP contribution < -0.4 is 9.47 Å². The molecule has 4 rings (SSSR count). The Labute approximate surface area is 164 Å². The van der Waals surface area contributed by atoms with Crippen molar-refractivity contribution in [1.29, 1.82) is 0 Å². The van der Waals surface area contributed by atoms with E-state index in [1.54, 1.807) is 12.4 Å². The lowest BCUT2D eigenvalue weighted by molar-refractivity contribution is 0.217. The van der Waals surface area contributed by atoms with Gasteiger partial charge in [-0.25, -0.2) is 0 Å². The van der Waals surface area contributed by atoms with Gasteiger partial charge in [0.05, 0.1) is 0 Å². The van der Waals surface area contributed by atoms with Gasteiger partial charge >= 0.3 is 0 Å². The molecule has 0 aliphatic carbocycles. The van der Waals surface area contributed by atoms with Crippen LogP contribution in [0.4, 0.5) is 0 Å². The van der Waals surface area contributed by atoms with Crippen LogP contribution >= 0.6 is 0 Å². The fourth-order valence-corrected chi connectivity index (χ4v) is 2.87. The van der Waals surface area contributed by atoms with Gasteiger partial charge in [-0.05, 0) is 58.7 Å². The number of aromatic nitrogens is 2. The first-order valence-electron chi connectivity index (χ1n) is 9.15. The molecule has 0 saturated heterocycles. The molecule has 0 N–H and O–H groups in total. The summed E-state index contributed by atoms with van der Waals surface area (Å²) in [6, 6.07) is 23.9. The molecule has 2 aromatic heterocycles. The molecule has 2 aromatic carbocycles. The van der Waals surface area contributed by atoms with Crippen molar-refractivity contribution in [2.24, 2.45) is 0 Å². The summed E-state index contributed by atoms with van der Waals surface area (Å²) in [4.78, 5) is 8.29. The highest BCUT2D eigenvalue weighted by molar-refractivity contribution is 5.63. The summed E-state index contributed by atoms with van der Waals surface area (Å²) in [5, 5.41) is 0. The molecular weight excluding hydrogens is 348 g/mol. The zero-order valence-electron chi connectivity index (χ0n) is 15.4. The molecule has 0 saturated carbocycles. The highest BCUT2D eigenvalue weighted by Crippen LogP contribution is 2.22. The van der Waals surface area contributed by atoms with E-state index in [1.165, 1.54) is 0 Å². The van der Waals surface area contributed by atoms with Gasteiger partial charge in [0, 0.05) is 24.8 Å². The van der Waals surface area contributed by atoms with E-state index in [-0.39, 0.29) is 0 Å². The second kappa shape index (κ2) is 8.82. The SMILES string of the molecule is c1cncc(-c2ccc(OCCOc3ccc(-c4cccnc4)cc3)cc2)c1. The Balaban J connectivity index is 1.25. The van der Waals surface area contributed by atoms with Gasteiger partial charge in [0.25, 0.3) is 0 Å². The van der Waals surface area contributed by atoms with Crippen molar-refractivity contribution in [3.63, 3.8) is 0 Å². The maximum absolute atomic E-state index is 5.76. The van der Waals surface area contributed by atoms with Crippen molar-refractivity contribution in [2.75, 3.05) is 13.2 Å². The maximum Gasteiger partial charge on any atom is 0.122 e. The first-order valence-corrected chi connectivity index (χ1v) is 9.15. The van der Waals surface area contributed by atoms with E-state index in [0.717, 1.165) is 33.8 Å². The third-order valence-electron chi connectivity index (χ3n) is 4.32. The van der Waals surface area contributed by atoms with Crippen molar-refractivity contribution in [3.05, 3.63) is 97.6 Å². The van der Waals surface area contributed by atoms with Crippen LogP contribution in [0, 0.1) is 0 Å². The van der Waals surface area contributed by atoms with E-state index in [4.69, 9.17) is 9.47 Å². The summed E-state index contributed by atoms with van der Waals surface area (Å²) < 4.78 is 11.5. The minimum atomic E-state index is 0.483. The fourth-order valence-electron chi connectivity index (χ4n) is 2.87. The molecule has 4 nitrogen and oxygen atoms in total. The average molecular weight is 368 g/mol. The zero-order chi connectivity index (χ0) is 19.0. The molecule has 2 heterocycles. The van der Waals surface area contributed by atoms with E-state index < -0.39 is 0 Å². The number of hydrogen-bond acceptors (Lipinski definition) is 4. The number of rotatable bonds is 7. The van der Waals surface area contributed by atoms with E-state index >= 15 is 0 Å². The lowest BCUT2D eigenvalue weighted by atomic mass is 10.1. The first-order chi connectivity index (χ1) is 13.9. The number of ether oxygens (including phenoxy) is 2. The number of pyridine rings is 2. The Morgan fingerprint density at radius 3 is 1.29 bits per heavy atom. The third kappa shape index (κ3) is 4.54. The Kier molecular flexibility index (Phi) is 5.59. The van der Waals surface area contributed by atoms with Gasteiger partial charge in [-0.2, -0.15) is 0 Å². The van der Waals surface area contributed by atoms with Crippen LogP contribution in [-0.4, -0.2) is 23.2 Å². The monoisotopic (exact) mass is 368 g/mol. The van der Waals surface area contributed by atoms with Crippen molar-refractivity contribution < 1.29 is 9.47 Å². The molecule has 0 aliphatic heterocycles. The minimum Gasteiger partial charge on any atom is -0.490 e. The molecule has 0 amide bonds. The summed E-state index contributed by atoms with van der Waals surface area (Å²) >= 11 is 0. The molecule has 4 heteroatoms. The summed E-state index contributed by atoms with van der Waals surface area (Å²) in [6.07, 6.45) is 7.24. The van der Waals surface area contributed by atoms with Crippen LogP contribution in [0.3, 0.4) is 0 Å². The molecule has 0 aliphatic rings. The fraction of sp³-hybridized carbons (Fsp3) is 0.0833. The maximum atomic E-state index is 5.76. The minimum absolute atomic E-state index is 0.483. The lowest BCUT2D eigenvalue weighted by Crippen LogP contribution is -2.08. The van der Waals surface area contributed by atoms with E-state index in [1.807, 2.05) is 85.2 Å². The smallest absolute Gasteiger partial charge is 0.122 e. The molecule has 28 heavy (non-hydrogen) atoms. The third-order valence-corrected chi connectivity index (χ3v) is 4.32. The van der Waals surface area contributed by atoms with Crippen LogP contribution in [0.15, 0.2) is 97.6 Å². The van der Waals surface area contributed by atoms with Gasteiger partial charge in [-0.15, -0.1) is 0 Å². The standard InChI is InChI=1S/C24H20N2O2/c1-3-21(17-25-13-1)19-5-9-23(10-6-19)27-15-16-28-24-11-7-20(8-12-24)22-4-2-14-26-18-22/h1-14,17-18H,15-16H2. The summed E-state index contributed by atoms with van der Waals surface area (Å²) in [5.74, 6) is 1.64. The Morgan fingerprint density at radius 1 is 0.500 bits per heavy atom. The second-order valence-electron chi connectivity index (χ2n) is 6.23. The molecule has 0 atom stereocenters. The Morgan fingerprint density at radius 2 is 0.929 bits per heavy atom. The van der Waals surface area contributed by atoms with Gasteiger partial charge in [-0.3, -0.25) is 9.97 Å². The first kappa shape index (κ1) is 17.7. The van der Waals surface area contributed by atoms with E-state index in [2.05, 4.69) is 9.97 Å². The predicted octanol–water partition coefficient (Wildman–Crippen LogP) is 5.27. The molecule has 0 fully saturated rings. The van der Waals surface area contributed by atoms with Crippen LogP contribution in [0.25, 0.3) is 22.3 Å². The molecular formula is C24H20N2O2. The molecule has 0 spiro atoms. The average Bonchev–Trinajstić information content (AvgIpc) is 2.79. The topological polar surface area (TPSA) is 44.2 Å². The van der Waals surface area contributed by atoms with E-state index in [0.29, 0.717) is 13.2 Å². The van der Waals surface area contributed by atoms with Crippen LogP contribution in [0.1, 0.15) is 0 Å². The van der Waals surface area contributed by atoms with Crippen molar-refractivity contribution in [1.82, 2.24) is 9.97 Å².